The predicted molar refractivity (Wildman–Crippen MR) is 147 cm³/mol. The van der Waals surface area contributed by atoms with E-state index < -0.39 is 30.0 Å². The zero-order valence-electron chi connectivity index (χ0n) is 23.1. The maximum Gasteiger partial charge on any atom is 1.00 e. The topological polar surface area (TPSA) is 234 Å². The molecule has 2 heterocycles. The van der Waals surface area contributed by atoms with Crippen molar-refractivity contribution in [2.45, 2.75) is 9.79 Å². The molecule has 0 atom stereocenters. The molecule has 2 N–H and O–H groups in total. The molecule has 2 aromatic carbocycles. The second-order valence-electron chi connectivity index (χ2n) is 7.83. The smallest absolute Gasteiger partial charge is 0.744 e. The summed E-state index contributed by atoms with van der Waals surface area (Å²) < 4.78 is 82.1. The van der Waals surface area contributed by atoms with Crippen LogP contribution in [0.3, 0.4) is 0 Å². The third-order valence-corrected chi connectivity index (χ3v) is 7.18. The van der Waals surface area contributed by atoms with Crippen LogP contribution >= 0.6 is 23.2 Å². The van der Waals surface area contributed by atoms with Crippen molar-refractivity contribution in [3.8, 4) is 12.0 Å². The molecule has 0 amide bonds. The molecule has 4 aromatic rings. The maximum atomic E-state index is 12.0. The van der Waals surface area contributed by atoms with Crippen molar-refractivity contribution in [1.82, 2.24) is 29.9 Å². The number of nitrogens with zero attached hydrogens (tertiary/aromatic N) is 6. The van der Waals surface area contributed by atoms with Crippen LogP contribution in [-0.4, -0.2) is 70.1 Å². The molecular weight excluding hydrogens is 685 g/mol. The van der Waals surface area contributed by atoms with Crippen molar-refractivity contribution in [1.29, 1.82) is 0 Å². The maximum absolute atomic E-state index is 12.0. The first-order valence-corrected chi connectivity index (χ1v) is 14.7. The van der Waals surface area contributed by atoms with Gasteiger partial charge in [-0.15, -0.1) is 0 Å². The Morgan fingerprint density at radius 2 is 1.02 bits per heavy atom. The van der Waals surface area contributed by atoms with Crippen LogP contribution in [0.5, 0.6) is 12.0 Å². The minimum atomic E-state index is -5.04. The van der Waals surface area contributed by atoms with Gasteiger partial charge < -0.3 is 29.2 Å². The summed E-state index contributed by atoms with van der Waals surface area (Å²) >= 11 is 11.6. The first kappa shape index (κ1) is 38.0. The summed E-state index contributed by atoms with van der Waals surface area (Å²) in [4.78, 5) is 21.6. The van der Waals surface area contributed by atoms with Crippen LogP contribution in [0.15, 0.2) is 46.2 Å². The van der Waals surface area contributed by atoms with Gasteiger partial charge in [-0.25, -0.2) is 16.8 Å². The number of halogens is 2. The minimum Gasteiger partial charge on any atom is -0.744 e. The second-order valence-corrected chi connectivity index (χ2v) is 11.2. The van der Waals surface area contributed by atoms with E-state index in [2.05, 4.69) is 40.5 Å². The summed E-state index contributed by atoms with van der Waals surface area (Å²) in [6, 6.07) is 7.12. The van der Waals surface area contributed by atoms with Crippen molar-refractivity contribution >= 4 is 78.9 Å². The fourth-order valence-corrected chi connectivity index (χ4v) is 5.03. The van der Waals surface area contributed by atoms with Gasteiger partial charge in [0.2, 0.25) is 22.5 Å². The summed E-state index contributed by atoms with van der Waals surface area (Å²) in [6.07, 6.45) is 2.32. The molecule has 0 aliphatic heterocycles. The van der Waals surface area contributed by atoms with Gasteiger partial charge in [0.25, 0.3) is 0 Å². The van der Waals surface area contributed by atoms with Gasteiger partial charge in [-0.2, -0.15) is 29.9 Å². The van der Waals surface area contributed by atoms with Gasteiger partial charge >= 0.3 is 71.1 Å². The largest absolute Gasteiger partial charge is 1.00 e. The molecule has 0 saturated carbocycles. The summed E-state index contributed by atoms with van der Waals surface area (Å²) in [7, 11) is -7.47. The molecule has 16 nitrogen and oxygen atoms in total. The molecule has 2 aromatic heterocycles. The second kappa shape index (κ2) is 15.9. The number of nitrogens with one attached hydrogen (secondary N) is 2. The van der Waals surface area contributed by atoms with E-state index in [1.165, 1.54) is 38.5 Å². The Labute approximate surface area is 305 Å². The van der Waals surface area contributed by atoms with Crippen LogP contribution in [0.1, 0.15) is 11.1 Å². The fourth-order valence-electron chi connectivity index (χ4n) is 3.33. The molecule has 0 spiro atoms. The first-order valence-electron chi connectivity index (χ1n) is 11.1. The number of hydrogen-bond donors (Lipinski definition) is 2. The summed E-state index contributed by atoms with van der Waals surface area (Å²) in [5.74, 6) is -0.192. The van der Waals surface area contributed by atoms with Gasteiger partial charge in [-0.05, 0) is 58.6 Å². The van der Waals surface area contributed by atoms with Gasteiger partial charge in [-0.1, -0.05) is 24.3 Å². The molecule has 0 bridgehead atoms. The molecule has 44 heavy (non-hydrogen) atoms. The third kappa shape index (κ3) is 10.2. The van der Waals surface area contributed by atoms with E-state index >= 15 is 0 Å². The molecule has 0 radical (unpaired) electrons. The average Bonchev–Trinajstić information content (AvgIpc) is 2.91. The van der Waals surface area contributed by atoms with Gasteiger partial charge in [-0.3, -0.25) is 0 Å². The average molecular weight is 701 g/mol. The van der Waals surface area contributed by atoms with Gasteiger partial charge in [0.1, 0.15) is 20.2 Å². The monoisotopic (exact) mass is 700 g/mol. The Hall–Kier alpha value is -2.20. The van der Waals surface area contributed by atoms with E-state index in [0.29, 0.717) is 0 Å². The quantitative estimate of drug-likeness (QED) is 0.0944. The van der Waals surface area contributed by atoms with Gasteiger partial charge in [0.15, 0.2) is 0 Å². The number of benzene rings is 2. The molecule has 4 rings (SSSR count). The van der Waals surface area contributed by atoms with E-state index in [1.54, 1.807) is 0 Å². The van der Waals surface area contributed by atoms with Crippen LogP contribution < -0.4 is 79.2 Å². The Morgan fingerprint density at radius 3 is 1.34 bits per heavy atom. The molecular formula is C22H16Cl2N8Na2O8S2. The predicted octanol–water partition coefficient (Wildman–Crippen LogP) is -3.15. The van der Waals surface area contributed by atoms with Crippen molar-refractivity contribution in [3.05, 3.63) is 58.1 Å². The Bertz CT molecular complexity index is 1790. The van der Waals surface area contributed by atoms with Crippen molar-refractivity contribution < 1.29 is 94.5 Å². The summed E-state index contributed by atoms with van der Waals surface area (Å²) in [6.45, 7) is 0. The molecule has 220 valence electrons. The number of ether oxygens (including phenoxy) is 2. The van der Waals surface area contributed by atoms with Gasteiger partial charge in [0, 0.05) is 11.4 Å². The Balaban J connectivity index is 0.00000337. The first-order chi connectivity index (χ1) is 19.7. The number of rotatable bonds is 10. The van der Waals surface area contributed by atoms with Crippen LogP contribution in [0.25, 0.3) is 12.2 Å². The van der Waals surface area contributed by atoms with E-state index in [9.17, 15) is 25.9 Å². The van der Waals surface area contributed by atoms with Crippen LogP contribution in [0, 0.1) is 0 Å². The molecule has 0 aliphatic rings. The number of anilines is 4. The van der Waals surface area contributed by atoms with E-state index in [4.69, 9.17) is 32.7 Å². The summed E-state index contributed by atoms with van der Waals surface area (Å²) in [5, 5.41) is 4.96. The van der Waals surface area contributed by atoms with Crippen LogP contribution in [0.4, 0.5) is 23.3 Å². The number of hydrogen-bond acceptors (Lipinski definition) is 16. The normalized spacial score (nSPS) is 11.3. The SMILES string of the molecule is COc1nc(Cl)nc(Nc2ccc(C=Cc3ccc(Nc4nc(Cl)nc(OC)n4)cc3S(=O)(=O)[O-])c(S(=O)(=O)[O-])c2)n1.[Na+].[Na+]. The molecule has 0 unspecified atom stereocenters. The van der Waals surface area contributed by atoms with Crippen molar-refractivity contribution in [2.75, 3.05) is 24.9 Å². The standard InChI is InChI=1S/C22H18Cl2N8O8S2.2Na/c1-39-21-29-17(23)27-19(31-21)25-13-7-5-11(15(9-13)41(33,34)35)3-4-12-6-8-14(10-16(12)42(36,37)38)26-20-28-18(24)30-22(32-20)40-2;;/h3-10H,1-2H3,(H,33,34,35)(H,36,37,38)(H,25,27,29,31)(H,26,28,30,32);;/q;2*+1/p-2. The zero-order chi connectivity index (χ0) is 30.7. The fraction of sp³-hybridized carbons (Fsp3) is 0.0909. The van der Waals surface area contributed by atoms with Crippen molar-refractivity contribution in [2.24, 2.45) is 0 Å². The summed E-state index contributed by atoms with van der Waals surface area (Å²) in [5.41, 5.74) is -0.0196. The molecule has 22 heteroatoms. The zero-order valence-corrected chi connectivity index (χ0v) is 30.3. The number of methoxy groups -OCH3 is 2. The third-order valence-electron chi connectivity index (χ3n) is 5.06. The minimum absolute atomic E-state index is 0. The van der Waals surface area contributed by atoms with Crippen LogP contribution in [-0.2, 0) is 20.2 Å². The van der Waals surface area contributed by atoms with Gasteiger partial charge in [0.05, 0.1) is 24.0 Å². The van der Waals surface area contributed by atoms with E-state index in [0.717, 1.165) is 24.3 Å². The molecule has 0 fully saturated rings. The van der Waals surface area contributed by atoms with E-state index in [-0.39, 0.29) is 116 Å². The molecule has 0 saturated heterocycles. The molecule has 0 aliphatic carbocycles. The number of aromatic nitrogens is 6. The van der Waals surface area contributed by atoms with Crippen LogP contribution in [0.2, 0.25) is 10.6 Å². The van der Waals surface area contributed by atoms with Crippen molar-refractivity contribution in [3.63, 3.8) is 0 Å². The Morgan fingerprint density at radius 1 is 0.659 bits per heavy atom. The Kier molecular flexibility index (Phi) is 13.7. The van der Waals surface area contributed by atoms with E-state index in [1.807, 2.05) is 0 Å².